The molecule has 2 heterocycles. The molecule has 198 valence electrons. The van der Waals surface area contributed by atoms with E-state index in [0.717, 1.165) is 18.2 Å². The van der Waals surface area contributed by atoms with Crippen molar-refractivity contribution in [2.45, 2.75) is 31.8 Å². The molecule has 0 radical (unpaired) electrons. The maximum Gasteiger partial charge on any atom is 0.309 e. The summed E-state index contributed by atoms with van der Waals surface area (Å²) in [7, 11) is 1.55. The van der Waals surface area contributed by atoms with Gasteiger partial charge >= 0.3 is 5.97 Å². The second-order valence-electron chi connectivity index (χ2n) is 9.31. The Bertz CT molecular complexity index is 1270. The number of fused-ring (bicyclic) bond motifs is 1. The summed E-state index contributed by atoms with van der Waals surface area (Å²) in [4.78, 5) is 18.6. The Morgan fingerprint density at radius 3 is 2.68 bits per heavy atom. The van der Waals surface area contributed by atoms with Crippen molar-refractivity contribution in [2.24, 2.45) is 5.41 Å². The molecule has 0 aliphatic carbocycles. The monoisotopic (exact) mass is 534 g/mol. The first-order valence-electron chi connectivity index (χ1n) is 12.1. The van der Waals surface area contributed by atoms with E-state index in [-0.39, 0.29) is 25.2 Å². The molecule has 0 amide bonds. The van der Waals surface area contributed by atoms with E-state index in [9.17, 15) is 23.8 Å². The second-order valence-corrected chi connectivity index (χ2v) is 9.71. The third-order valence-electron chi connectivity index (χ3n) is 7.12. The number of aliphatic hydroxyl groups is 1. The predicted molar refractivity (Wildman–Crippen MR) is 135 cm³/mol. The van der Waals surface area contributed by atoms with Crippen LogP contribution in [0.25, 0.3) is 10.9 Å². The molecule has 37 heavy (non-hydrogen) atoms. The zero-order valence-corrected chi connectivity index (χ0v) is 21.2. The molecule has 1 aliphatic heterocycles. The number of halogens is 3. The van der Waals surface area contributed by atoms with Crippen LogP contribution in [0.3, 0.4) is 0 Å². The summed E-state index contributed by atoms with van der Waals surface area (Å²) in [6.45, 7) is 1.62. The van der Waals surface area contributed by atoms with Crippen LogP contribution in [0.15, 0.2) is 42.6 Å². The number of carboxylic acid groups (broad SMARTS) is 1. The number of aliphatic carboxylic acids is 1. The number of carbonyl (C=O) groups is 1. The van der Waals surface area contributed by atoms with Gasteiger partial charge in [0, 0.05) is 29.8 Å². The highest BCUT2D eigenvalue weighted by Gasteiger charge is 2.41. The number of carboxylic acids is 1. The Labute approximate surface area is 218 Å². The molecule has 1 fully saturated rings. The summed E-state index contributed by atoms with van der Waals surface area (Å²) in [6.07, 6.45) is 1.77. The lowest BCUT2D eigenvalue weighted by Gasteiger charge is -2.39. The van der Waals surface area contributed by atoms with Gasteiger partial charge in [0.15, 0.2) is 11.6 Å². The van der Waals surface area contributed by atoms with Gasteiger partial charge in [-0.1, -0.05) is 11.6 Å². The van der Waals surface area contributed by atoms with E-state index in [0.29, 0.717) is 59.7 Å². The average molecular weight is 535 g/mol. The smallest absolute Gasteiger partial charge is 0.309 e. The summed E-state index contributed by atoms with van der Waals surface area (Å²) in [6, 6.07) is 8.35. The number of aromatic nitrogens is 1. The van der Waals surface area contributed by atoms with Crippen molar-refractivity contribution in [3.05, 3.63) is 64.8 Å². The van der Waals surface area contributed by atoms with Gasteiger partial charge in [-0.15, -0.1) is 0 Å². The predicted octanol–water partition coefficient (Wildman–Crippen LogP) is 5.23. The first-order chi connectivity index (χ1) is 17.7. The molecule has 10 heteroatoms. The average Bonchev–Trinajstić information content (AvgIpc) is 2.89. The van der Waals surface area contributed by atoms with Gasteiger partial charge in [0.2, 0.25) is 0 Å². The van der Waals surface area contributed by atoms with Crippen molar-refractivity contribution in [3.8, 4) is 11.5 Å². The van der Waals surface area contributed by atoms with Crippen molar-refractivity contribution in [1.29, 1.82) is 0 Å². The van der Waals surface area contributed by atoms with Gasteiger partial charge in [-0.3, -0.25) is 14.7 Å². The number of pyridine rings is 1. The van der Waals surface area contributed by atoms with E-state index in [1.54, 1.807) is 25.3 Å². The van der Waals surface area contributed by atoms with E-state index in [4.69, 9.17) is 21.1 Å². The molecular weight excluding hydrogens is 506 g/mol. The fourth-order valence-electron chi connectivity index (χ4n) is 4.84. The minimum Gasteiger partial charge on any atom is -0.497 e. The number of rotatable bonds is 10. The van der Waals surface area contributed by atoms with Crippen LogP contribution in [0.1, 0.15) is 37.4 Å². The fourth-order valence-corrected chi connectivity index (χ4v) is 5.12. The van der Waals surface area contributed by atoms with Gasteiger partial charge in [-0.2, -0.15) is 0 Å². The summed E-state index contributed by atoms with van der Waals surface area (Å²) in [5.74, 6) is -1.66. The highest BCUT2D eigenvalue weighted by atomic mass is 35.5. The number of ether oxygens (including phenoxy) is 2. The number of methoxy groups -OCH3 is 1. The van der Waals surface area contributed by atoms with Crippen LogP contribution in [-0.4, -0.2) is 59.4 Å². The molecule has 1 atom stereocenters. The molecule has 0 bridgehead atoms. The molecule has 1 aliphatic rings. The molecule has 1 unspecified atom stereocenters. The normalized spacial score (nSPS) is 16.5. The third kappa shape index (κ3) is 6.11. The molecule has 1 aromatic heterocycles. The number of benzene rings is 2. The quantitative estimate of drug-likeness (QED) is 0.368. The summed E-state index contributed by atoms with van der Waals surface area (Å²) in [5.41, 5.74) is 0.172. The standard InChI is InChI=1S/C27H29ClF2N2O5/c1-36-18-3-5-22-19(15-18)25(20(28)16-31-22)23(33)6-7-27(26(34)35)8-10-32(11-9-27)12-13-37-24-14-17(29)2-4-21(24)30/h2-5,14-16,23,33H,6-13H2,1H3,(H,34,35). The van der Waals surface area contributed by atoms with Crippen molar-refractivity contribution >= 4 is 28.5 Å². The zero-order chi connectivity index (χ0) is 26.6. The maximum absolute atomic E-state index is 13.7. The van der Waals surface area contributed by atoms with Gasteiger partial charge < -0.3 is 19.7 Å². The van der Waals surface area contributed by atoms with Gasteiger partial charge in [0.1, 0.15) is 18.2 Å². The molecule has 4 rings (SSSR count). The molecular formula is C27H29ClF2N2O5. The van der Waals surface area contributed by atoms with E-state index in [1.165, 1.54) is 6.20 Å². The van der Waals surface area contributed by atoms with E-state index in [1.807, 2.05) is 4.90 Å². The molecule has 0 saturated carbocycles. The van der Waals surface area contributed by atoms with Gasteiger partial charge in [-0.05, 0) is 69.1 Å². The fraction of sp³-hybridized carbons (Fsp3) is 0.407. The van der Waals surface area contributed by atoms with Crippen LogP contribution in [0, 0.1) is 17.0 Å². The topological polar surface area (TPSA) is 92.1 Å². The van der Waals surface area contributed by atoms with Crippen LogP contribution in [-0.2, 0) is 4.79 Å². The molecule has 7 nitrogen and oxygen atoms in total. The number of hydrogen-bond donors (Lipinski definition) is 2. The van der Waals surface area contributed by atoms with Crippen LogP contribution in [0.4, 0.5) is 8.78 Å². The SMILES string of the molecule is COc1ccc2ncc(Cl)c(C(O)CCC3(C(=O)O)CCN(CCOc4cc(F)ccc4F)CC3)c2c1. The molecule has 1 saturated heterocycles. The first-order valence-corrected chi connectivity index (χ1v) is 12.4. The lowest BCUT2D eigenvalue weighted by atomic mass is 9.74. The lowest BCUT2D eigenvalue weighted by Crippen LogP contribution is -2.45. The number of hydrogen-bond acceptors (Lipinski definition) is 6. The van der Waals surface area contributed by atoms with Crippen LogP contribution >= 0.6 is 11.6 Å². The Morgan fingerprint density at radius 2 is 1.97 bits per heavy atom. The second kappa shape index (κ2) is 11.6. The Kier molecular flexibility index (Phi) is 8.46. The highest BCUT2D eigenvalue weighted by molar-refractivity contribution is 6.32. The summed E-state index contributed by atoms with van der Waals surface area (Å²) < 4.78 is 37.7. The minimum absolute atomic E-state index is 0.147. The molecule has 2 N–H and O–H groups in total. The summed E-state index contributed by atoms with van der Waals surface area (Å²) in [5, 5.41) is 22.1. The number of piperidine rings is 1. The zero-order valence-electron chi connectivity index (χ0n) is 20.4. The van der Waals surface area contributed by atoms with Crippen molar-refractivity contribution in [2.75, 3.05) is 33.4 Å². The van der Waals surface area contributed by atoms with Crippen LogP contribution < -0.4 is 9.47 Å². The third-order valence-corrected chi connectivity index (χ3v) is 7.42. The van der Waals surface area contributed by atoms with Crippen molar-refractivity contribution < 1.29 is 33.3 Å². The van der Waals surface area contributed by atoms with Gasteiger partial charge in [0.25, 0.3) is 0 Å². The van der Waals surface area contributed by atoms with E-state index >= 15 is 0 Å². The number of likely N-dealkylation sites (tertiary alicyclic amines) is 1. The highest BCUT2D eigenvalue weighted by Crippen LogP contribution is 2.41. The molecule has 3 aromatic rings. The van der Waals surface area contributed by atoms with Crippen molar-refractivity contribution in [3.63, 3.8) is 0 Å². The Hall–Kier alpha value is -3.01. The Balaban J connectivity index is 1.37. The first kappa shape index (κ1) is 27.0. The summed E-state index contributed by atoms with van der Waals surface area (Å²) >= 11 is 6.40. The number of aliphatic hydroxyl groups excluding tert-OH is 1. The van der Waals surface area contributed by atoms with E-state index < -0.39 is 29.1 Å². The lowest BCUT2D eigenvalue weighted by molar-refractivity contribution is -0.153. The van der Waals surface area contributed by atoms with Crippen molar-refractivity contribution in [1.82, 2.24) is 9.88 Å². The molecule has 0 spiro atoms. The van der Waals surface area contributed by atoms with E-state index in [2.05, 4.69) is 4.98 Å². The maximum atomic E-state index is 13.7. The number of nitrogens with zero attached hydrogens (tertiary/aromatic N) is 2. The largest absolute Gasteiger partial charge is 0.497 e. The van der Waals surface area contributed by atoms with Crippen LogP contribution in [0.2, 0.25) is 5.02 Å². The Morgan fingerprint density at radius 1 is 1.22 bits per heavy atom. The van der Waals surface area contributed by atoms with Crippen LogP contribution in [0.5, 0.6) is 11.5 Å². The van der Waals surface area contributed by atoms with Gasteiger partial charge in [0.05, 0.1) is 29.2 Å². The molecule has 2 aromatic carbocycles. The minimum atomic E-state index is -0.986. The van der Waals surface area contributed by atoms with Gasteiger partial charge in [-0.25, -0.2) is 8.78 Å².